The molecule has 2 N–H and O–H groups in total. The minimum absolute atomic E-state index is 0.00125. The molecule has 5 heteroatoms. The molecule has 1 spiro atoms. The van der Waals surface area contributed by atoms with Gasteiger partial charge in [0.05, 0.1) is 5.41 Å². The van der Waals surface area contributed by atoms with Gasteiger partial charge in [-0.1, -0.05) is 30.3 Å². The van der Waals surface area contributed by atoms with Crippen molar-refractivity contribution in [1.29, 1.82) is 0 Å². The van der Waals surface area contributed by atoms with Crippen molar-refractivity contribution in [3.63, 3.8) is 0 Å². The summed E-state index contributed by atoms with van der Waals surface area (Å²) in [5, 5.41) is 6.10. The van der Waals surface area contributed by atoms with E-state index in [1.807, 2.05) is 12.1 Å². The highest BCUT2D eigenvalue weighted by Crippen LogP contribution is 2.41. The molecule has 2 heterocycles. The number of benzene rings is 2. The van der Waals surface area contributed by atoms with Crippen molar-refractivity contribution in [3.05, 3.63) is 70.3 Å². The Labute approximate surface area is 190 Å². The number of hydrogen-bond donors (Lipinski definition) is 2. The maximum Gasteiger partial charge on any atom is 0.251 e. The summed E-state index contributed by atoms with van der Waals surface area (Å²) in [5.41, 5.74) is 5.80. The van der Waals surface area contributed by atoms with E-state index in [0.717, 1.165) is 57.4 Å². The van der Waals surface area contributed by atoms with Crippen molar-refractivity contribution < 1.29 is 9.59 Å². The van der Waals surface area contributed by atoms with E-state index in [-0.39, 0.29) is 17.2 Å². The summed E-state index contributed by atoms with van der Waals surface area (Å²) in [7, 11) is 0. The predicted octanol–water partition coefficient (Wildman–Crippen LogP) is 3.21. The molecule has 0 radical (unpaired) electrons. The normalized spacial score (nSPS) is 25.0. The van der Waals surface area contributed by atoms with E-state index in [2.05, 4.69) is 52.8 Å². The number of aryl methyl sites for hydroxylation is 2. The molecule has 2 aliphatic heterocycles. The van der Waals surface area contributed by atoms with E-state index in [4.69, 9.17) is 0 Å². The van der Waals surface area contributed by atoms with Crippen LogP contribution in [0.5, 0.6) is 0 Å². The Morgan fingerprint density at radius 1 is 1.19 bits per heavy atom. The van der Waals surface area contributed by atoms with Crippen LogP contribution >= 0.6 is 0 Å². The minimum Gasteiger partial charge on any atom is -0.356 e. The van der Waals surface area contributed by atoms with Crippen LogP contribution in [0.2, 0.25) is 0 Å². The third-order valence-corrected chi connectivity index (χ3v) is 7.86. The van der Waals surface area contributed by atoms with Crippen LogP contribution in [0.15, 0.2) is 42.5 Å². The van der Waals surface area contributed by atoms with Gasteiger partial charge in [0.15, 0.2) is 0 Å². The number of rotatable bonds is 5. The fraction of sp³-hybridized carbons (Fsp3) is 0.481. The fourth-order valence-electron chi connectivity index (χ4n) is 5.89. The van der Waals surface area contributed by atoms with Gasteiger partial charge in [0.2, 0.25) is 5.91 Å². The van der Waals surface area contributed by atoms with Gasteiger partial charge in [0.1, 0.15) is 0 Å². The van der Waals surface area contributed by atoms with Gasteiger partial charge >= 0.3 is 0 Å². The molecular weight excluding hydrogens is 398 g/mol. The SMILES string of the molecule is Cc1ccccc1C1CCN(CCNC(=O)c2ccc3c(c2)CCC2(CCNC2=O)C3)C1. The molecule has 5 nitrogen and oxygen atoms in total. The molecule has 0 aromatic heterocycles. The Kier molecular flexibility index (Phi) is 5.76. The first-order valence-electron chi connectivity index (χ1n) is 12.0. The minimum atomic E-state index is -0.220. The third kappa shape index (κ3) is 4.06. The Balaban J connectivity index is 1.13. The Bertz CT molecular complexity index is 1030. The zero-order valence-corrected chi connectivity index (χ0v) is 19.0. The topological polar surface area (TPSA) is 61.4 Å². The van der Waals surface area contributed by atoms with Gasteiger partial charge in [0.25, 0.3) is 5.91 Å². The standard InChI is InChI=1S/C27H33N3O2/c1-19-4-2-3-5-24(19)23-9-14-30(18-23)15-13-28-25(31)21-6-7-22-17-27(10-8-20(22)16-21)11-12-29-26(27)32/h2-7,16,23H,8-15,17-18H2,1H3,(H,28,31)(H,29,32). The molecule has 2 amide bonds. The van der Waals surface area contributed by atoms with Gasteiger partial charge in [-0.25, -0.2) is 0 Å². The average molecular weight is 432 g/mol. The van der Waals surface area contributed by atoms with Crippen molar-refractivity contribution in [1.82, 2.24) is 15.5 Å². The van der Waals surface area contributed by atoms with Crippen molar-refractivity contribution in [2.24, 2.45) is 5.41 Å². The van der Waals surface area contributed by atoms with Crippen molar-refractivity contribution >= 4 is 11.8 Å². The van der Waals surface area contributed by atoms with E-state index in [0.29, 0.717) is 12.5 Å². The van der Waals surface area contributed by atoms with Gasteiger partial charge in [-0.3, -0.25) is 9.59 Å². The Morgan fingerprint density at radius 3 is 2.88 bits per heavy atom. The Hall–Kier alpha value is -2.66. The molecule has 2 aromatic rings. The number of hydrogen-bond acceptors (Lipinski definition) is 3. The van der Waals surface area contributed by atoms with E-state index in [1.165, 1.54) is 28.7 Å². The molecule has 3 aliphatic rings. The second-order valence-corrected chi connectivity index (χ2v) is 9.85. The summed E-state index contributed by atoms with van der Waals surface area (Å²) in [6.45, 7) is 6.69. The lowest BCUT2D eigenvalue weighted by atomic mass is 9.70. The molecule has 168 valence electrons. The largest absolute Gasteiger partial charge is 0.356 e. The van der Waals surface area contributed by atoms with Gasteiger partial charge in [-0.15, -0.1) is 0 Å². The van der Waals surface area contributed by atoms with Gasteiger partial charge in [-0.05, 0) is 85.9 Å². The maximum absolute atomic E-state index is 12.7. The first-order chi connectivity index (χ1) is 15.5. The van der Waals surface area contributed by atoms with Crippen molar-refractivity contribution in [2.45, 2.75) is 44.9 Å². The second kappa shape index (κ2) is 8.70. The predicted molar refractivity (Wildman–Crippen MR) is 126 cm³/mol. The lowest BCUT2D eigenvalue weighted by molar-refractivity contribution is -0.128. The average Bonchev–Trinajstić information content (AvgIpc) is 3.41. The number of carbonyl (C=O) groups is 2. The summed E-state index contributed by atoms with van der Waals surface area (Å²) in [4.78, 5) is 27.5. The van der Waals surface area contributed by atoms with Crippen molar-refractivity contribution in [3.8, 4) is 0 Å². The second-order valence-electron chi connectivity index (χ2n) is 9.85. The first kappa shape index (κ1) is 21.2. The lowest BCUT2D eigenvalue weighted by Crippen LogP contribution is -2.37. The quantitative estimate of drug-likeness (QED) is 0.764. The van der Waals surface area contributed by atoms with Crippen LogP contribution in [-0.2, 0) is 17.6 Å². The van der Waals surface area contributed by atoms with Crippen LogP contribution in [0, 0.1) is 12.3 Å². The molecule has 5 rings (SSSR count). The van der Waals surface area contributed by atoms with E-state index < -0.39 is 0 Å². The van der Waals surface area contributed by atoms with Crippen molar-refractivity contribution in [2.75, 3.05) is 32.7 Å². The molecule has 0 saturated carbocycles. The summed E-state index contributed by atoms with van der Waals surface area (Å²) < 4.78 is 0. The smallest absolute Gasteiger partial charge is 0.251 e. The summed E-state index contributed by atoms with van der Waals surface area (Å²) in [6, 6.07) is 14.7. The molecular formula is C27H33N3O2. The number of likely N-dealkylation sites (tertiary alicyclic amines) is 1. The molecule has 2 unspecified atom stereocenters. The number of nitrogens with zero attached hydrogens (tertiary/aromatic N) is 1. The fourth-order valence-corrected chi connectivity index (χ4v) is 5.89. The third-order valence-electron chi connectivity index (χ3n) is 7.86. The van der Waals surface area contributed by atoms with Crippen LogP contribution in [0.1, 0.15) is 57.8 Å². The van der Waals surface area contributed by atoms with E-state index in [1.54, 1.807) is 0 Å². The first-order valence-corrected chi connectivity index (χ1v) is 12.0. The summed E-state index contributed by atoms with van der Waals surface area (Å²) in [5.74, 6) is 0.802. The zero-order valence-electron chi connectivity index (χ0n) is 19.0. The van der Waals surface area contributed by atoms with Crippen LogP contribution in [0.3, 0.4) is 0 Å². The molecule has 2 atom stereocenters. The number of amides is 2. The molecule has 0 bridgehead atoms. The van der Waals surface area contributed by atoms with E-state index in [9.17, 15) is 9.59 Å². The molecule has 2 aromatic carbocycles. The number of carbonyl (C=O) groups excluding carboxylic acids is 2. The summed E-state index contributed by atoms with van der Waals surface area (Å²) in [6.07, 6.45) is 4.66. The molecule has 32 heavy (non-hydrogen) atoms. The molecule has 1 aliphatic carbocycles. The van der Waals surface area contributed by atoms with Crippen LogP contribution in [-0.4, -0.2) is 49.4 Å². The molecule has 2 fully saturated rings. The van der Waals surface area contributed by atoms with Gasteiger partial charge < -0.3 is 15.5 Å². The van der Waals surface area contributed by atoms with Gasteiger partial charge in [0, 0.05) is 31.7 Å². The number of fused-ring (bicyclic) bond motifs is 1. The lowest BCUT2D eigenvalue weighted by Gasteiger charge is -2.32. The monoisotopic (exact) mass is 431 g/mol. The van der Waals surface area contributed by atoms with Crippen LogP contribution in [0.4, 0.5) is 0 Å². The highest BCUT2D eigenvalue weighted by atomic mass is 16.2. The highest BCUT2D eigenvalue weighted by molar-refractivity contribution is 5.94. The van der Waals surface area contributed by atoms with Crippen LogP contribution < -0.4 is 10.6 Å². The van der Waals surface area contributed by atoms with Crippen LogP contribution in [0.25, 0.3) is 0 Å². The summed E-state index contributed by atoms with van der Waals surface area (Å²) >= 11 is 0. The maximum atomic E-state index is 12.7. The highest BCUT2D eigenvalue weighted by Gasteiger charge is 2.44. The number of nitrogens with one attached hydrogen (secondary N) is 2. The molecule has 2 saturated heterocycles. The van der Waals surface area contributed by atoms with Gasteiger partial charge in [-0.2, -0.15) is 0 Å². The van der Waals surface area contributed by atoms with E-state index >= 15 is 0 Å². The zero-order chi connectivity index (χ0) is 22.1. The Morgan fingerprint density at radius 2 is 2.06 bits per heavy atom.